The van der Waals surface area contributed by atoms with Crippen molar-refractivity contribution in [2.24, 2.45) is 5.73 Å². The molecule has 1 unspecified atom stereocenters. The second kappa shape index (κ2) is 3.09. The molecule has 0 saturated heterocycles. The van der Waals surface area contributed by atoms with Crippen molar-refractivity contribution in [2.45, 2.75) is 45.1 Å². The predicted octanol–water partition coefficient (Wildman–Crippen LogP) is 2.55. The summed E-state index contributed by atoms with van der Waals surface area (Å²) in [6, 6.07) is 7.06. The molecule has 1 aromatic rings. The van der Waals surface area contributed by atoms with Crippen LogP contribution in [0.15, 0.2) is 18.2 Å². The average Bonchev–Trinajstić information content (AvgIpc) is 2.12. The molecular weight excluding hydrogens is 170 g/mol. The normalized spacial score (nSPS) is 24.4. The third-order valence-electron chi connectivity index (χ3n) is 3.61. The van der Waals surface area contributed by atoms with Crippen LogP contribution in [0.2, 0.25) is 0 Å². The van der Waals surface area contributed by atoms with E-state index in [4.69, 9.17) is 5.73 Å². The fourth-order valence-corrected chi connectivity index (χ4v) is 2.43. The zero-order valence-corrected chi connectivity index (χ0v) is 9.30. The summed E-state index contributed by atoms with van der Waals surface area (Å²) in [5, 5.41) is 0. The van der Waals surface area contributed by atoms with Crippen molar-refractivity contribution >= 4 is 0 Å². The Labute approximate surface area is 86.3 Å². The molecule has 0 amide bonds. The summed E-state index contributed by atoms with van der Waals surface area (Å²) in [6.07, 6.45) is 2.26. The minimum absolute atomic E-state index is 0.140. The largest absolute Gasteiger partial charge is 0.327 e. The van der Waals surface area contributed by atoms with E-state index >= 15 is 0 Å². The number of aryl methyl sites for hydroxylation is 2. The second-order valence-corrected chi connectivity index (χ2v) is 5.03. The topological polar surface area (TPSA) is 26.0 Å². The van der Waals surface area contributed by atoms with Crippen molar-refractivity contribution in [3.63, 3.8) is 0 Å². The molecule has 0 aromatic heterocycles. The lowest BCUT2D eigenvalue weighted by molar-refractivity contribution is 0.364. The molecule has 2 rings (SSSR count). The lowest BCUT2D eigenvalue weighted by Gasteiger charge is -2.38. The van der Waals surface area contributed by atoms with Crippen molar-refractivity contribution in [1.29, 1.82) is 0 Å². The Kier molecular flexibility index (Phi) is 2.15. The number of rotatable bonds is 0. The zero-order valence-electron chi connectivity index (χ0n) is 9.30. The first-order valence-electron chi connectivity index (χ1n) is 5.37. The highest BCUT2D eigenvalue weighted by Gasteiger charge is 2.33. The number of nitrogens with two attached hydrogens (primary N) is 1. The van der Waals surface area contributed by atoms with Crippen LogP contribution in [0.3, 0.4) is 0 Å². The number of hydrogen-bond donors (Lipinski definition) is 1. The fourth-order valence-electron chi connectivity index (χ4n) is 2.43. The Morgan fingerprint density at radius 2 is 2.07 bits per heavy atom. The molecule has 1 aliphatic rings. The molecule has 0 fully saturated rings. The maximum Gasteiger partial charge on any atom is 0.0134 e. The van der Waals surface area contributed by atoms with Crippen LogP contribution >= 0.6 is 0 Å². The van der Waals surface area contributed by atoms with Gasteiger partial charge in [-0.1, -0.05) is 37.6 Å². The Morgan fingerprint density at radius 1 is 1.36 bits per heavy atom. The molecule has 1 aliphatic carbocycles. The van der Waals surface area contributed by atoms with Crippen LogP contribution in [0.4, 0.5) is 0 Å². The van der Waals surface area contributed by atoms with Crippen molar-refractivity contribution in [1.82, 2.24) is 0 Å². The Balaban J connectivity index is 2.53. The number of benzene rings is 1. The molecule has 76 valence electrons. The van der Waals surface area contributed by atoms with Gasteiger partial charge in [-0.2, -0.15) is 0 Å². The maximum absolute atomic E-state index is 6.17. The zero-order chi connectivity index (χ0) is 10.3. The second-order valence-electron chi connectivity index (χ2n) is 5.03. The van der Waals surface area contributed by atoms with Gasteiger partial charge in [0.15, 0.2) is 0 Å². The number of fused-ring (bicyclic) bond motifs is 1. The third kappa shape index (κ3) is 1.36. The van der Waals surface area contributed by atoms with E-state index in [0.717, 1.165) is 12.8 Å². The van der Waals surface area contributed by atoms with Gasteiger partial charge in [0.2, 0.25) is 0 Å². The standard InChI is InChI=1S/C13H19N/c1-9-4-6-11-10(8-9)5-7-12(14)13(11,2)3/h4,6,8,12H,5,7,14H2,1-3H3. The monoisotopic (exact) mass is 189 g/mol. The van der Waals surface area contributed by atoms with Crippen LogP contribution in [0.1, 0.15) is 37.0 Å². The van der Waals surface area contributed by atoms with Crippen molar-refractivity contribution in [3.8, 4) is 0 Å². The predicted molar refractivity (Wildman–Crippen MR) is 60.5 cm³/mol. The molecule has 0 spiro atoms. The summed E-state index contributed by atoms with van der Waals surface area (Å²) < 4.78 is 0. The highest BCUT2D eigenvalue weighted by atomic mass is 14.7. The van der Waals surface area contributed by atoms with E-state index in [1.807, 2.05) is 0 Å². The average molecular weight is 189 g/mol. The molecule has 0 heterocycles. The van der Waals surface area contributed by atoms with Gasteiger partial charge in [0.05, 0.1) is 0 Å². The minimum Gasteiger partial charge on any atom is -0.327 e. The highest BCUT2D eigenvalue weighted by molar-refractivity contribution is 5.40. The van der Waals surface area contributed by atoms with Crippen molar-refractivity contribution < 1.29 is 0 Å². The lowest BCUT2D eigenvalue weighted by Crippen LogP contribution is -2.44. The summed E-state index contributed by atoms with van der Waals surface area (Å²) in [4.78, 5) is 0. The molecule has 0 aliphatic heterocycles. The smallest absolute Gasteiger partial charge is 0.0134 e. The molecule has 0 saturated carbocycles. The Bertz CT molecular complexity index is 352. The van der Waals surface area contributed by atoms with Crippen molar-refractivity contribution in [2.75, 3.05) is 0 Å². The van der Waals surface area contributed by atoms with Gasteiger partial charge < -0.3 is 5.73 Å². The van der Waals surface area contributed by atoms with Gasteiger partial charge in [-0.25, -0.2) is 0 Å². The first kappa shape index (κ1) is 9.72. The summed E-state index contributed by atoms with van der Waals surface area (Å²) in [6.45, 7) is 6.66. The summed E-state index contributed by atoms with van der Waals surface area (Å²) in [7, 11) is 0. The van der Waals surface area contributed by atoms with Crippen LogP contribution in [-0.2, 0) is 11.8 Å². The minimum atomic E-state index is 0.140. The molecule has 1 aromatic carbocycles. The van der Waals surface area contributed by atoms with Crippen LogP contribution in [0.25, 0.3) is 0 Å². The van der Waals surface area contributed by atoms with E-state index in [2.05, 4.69) is 39.0 Å². The quantitative estimate of drug-likeness (QED) is 0.667. The molecule has 1 heteroatoms. The van der Waals surface area contributed by atoms with E-state index in [-0.39, 0.29) is 5.41 Å². The van der Waals surface area contributed by atoms with Gasteiger partial charge in [0.25, 0.3) is 0 Å². The van der Waals surface area contributed by atoms with Crippen LogP contribution in [0.5, 0.6) is 0 Å². The lowest BCUT2D eigenvalue weighted by atomic mass is 9.69. The van der Waals surface area contributed by atoms with Gasteiger partial charge in [-0.3, -0.25) is 0 Å². The first-order chi connectivity index (χ1) is 6.51. The van der Waals surface area contributed by atoms with E-state index in [1.165, 1.54) is 16.7 Å². The molecule has 1 atom stereocenters. The first-order valence-corrected chi connectivity index (χ1v) is 5.37. The van der Waals surface area contributed by atoms with E-state index in [9.17, 15) is 0 Å². The van der Waals surface area contributed by atoms with E-state index < -0.39 is 0 Å². The molecule has 0 bridgehead atoms. The van der Waals surface area contributed by atoms with Gasteiger partial charge in [-0.15, -0.1) is 0 Å². The Morgan fingerprint density at radius 3 is 2.79 bits per heavy atom. The van der Waals surface area contributed by atoms with Gasteiger partial charge in [0.1, 0.15) is 0 Å². The van der Waals surface area contributed by atoms with Crippen LogP contribution in [0, 0.1) is 6.92 Å². The third-order valence-corrected chi connectivity index (χ3v) is 3.61. The molecule has 2 N–H and O–H groups in total. The fraction of sp³-hybridized carbons (Fsp3) is 0.538. The van der Waals surface area contributed by atoms with E-state index in [1.54, 1.807) is 0 Å². The highest BCUT2D eigenvalue weighted by Crippen LogP contribution is 2.36. The van der Waals surface area contributed by atoms with Gasteiger partial charge >= 0.3 is 0 Å². The number of hydrogen-bond acceptors (Lipinski definition) is 1. The van der Waals surface area contributed by atoms with E-state index in [0.29, 0.717) is 6.04 Å². The van der Waals surface area contributed by atoms with Crippen molar-refractivity contribution in [3.05, 3.63) is 34.9 Å². The van der Waals surface area contributed by atoms with Gasteiger partial charge in [-0.05, 0) is 30.9 Å². The summed E-state index contributed by atoms with van der Waals surface area (Å²) in [5.41, 5.74) is 10.6. The van der Waals surface area contributed by atoms with Crippen LogP contribution < -0.4 is 5.73 Å². The Hall–Kier alpha value is -0.820. The van der Waals surface area contributed by atoms with Crippen LogP contribution in [-0.4, -0.2) is 6.04 Å². The molecular formula is C13H19N. The van der Waals surface area contributed by atoms with Gasteiger partial charge in [0, 0.05) is 11.5 Å². The molecule has 1 nitrogen and oxygen atoms in total. The molecule has 14 heavy (non-hydrogen) atoms. The molecule has 0 radical (unpaired) electrons. The SMILES string of the molecule is Cc1ccc2c(c1)CCC(N)C2(C)C. The summed E-state index contributed by atoms with van der Waals surface area (Å²) in [5.74, 6) is 0. The maximum atomic E-state index is 6.17. The summed E-state index contributed by atoms with van der Waals surface area (Å²) >= 11 is 0.